The van der Waals surface area contributed by atoms with Crippen LogP contribution in [0, 0.1) is 18.8 Å². The van der Waals surface area contributed by atoms with Crippen molar-refractivity contribution in [3.63, 3.8) is 0 Å². The monoisotopic (exact) mass is 377 g/mol. The average molecular weight is 378 g/mol. The number of hydrogen-bond acceptors (Lipinski definition) is 2. The Balaban J connectivity index is 1.89. The van der Waals surface area contributed by atoms with Gasteiger partial charge in [-0.25, -0.2) is 8.42 Å². The van der Waals surface area contributed by atoms with Crippen molar-refractivity contribution < 1.29 is 8.42 Å². The van der Waals surface area contributed by atoms with E-state index < -0.39 is 10.0 Å². The quantitative estimate of drug-likeness (QED) is 0.578. The molecule has 0 atom stereocenters. The molecule has 1 aliphatic heterocycles. The Morgan fingerprint density at radius 1 is 0.889 bits per heavy atom. The van der Waals surface area contributed by atoms with Gasteiger partial charge in [-0.1, -0.05) is 66.0 Å². The number of benzene rings is 2. The second kappa shape index (κ2) is 8.85. The number of nitrogens with zero attached hydrogens (tertiary/aromatic N) is 1. The lowest BCUT2D eigenvalue weighted by Crippen LogP contribution is -2.33. The molecule has 0 spiro atoms. The lowest BCUT2D eigenvalue weighted by atomic mass is 10.1. The fraction of sp³-hybridized carbons (Fsp3) is 0.217. The van der Waals surface area contributed by atoms with Gasteiger partial charge in [-0.05, 0) is 44.0 Å². The normalized spacial score (nSPS) is 18.8. The molecular weight excluding hydrogens is 354 g/mol. The number of sulfonamides is 1. The van der Waals surface area contributed by atoms with Crippen molar-refractivity contribution in [2.24, 2.45) is 0 Å². The van der Waals surface area contributed by atoms with E-state index in [2.05, 4.69) is 11.8 Å². The predicted octanol–water partition coefficient (Wildman–Crippen LogP) is 4.31. The van der Waals surface area contributed by atoms with E-state index in [0.29, 0.717) is 11.4 Å². The highest BCUT2D eigenvalue weighted by Gasteiger charge is 2.24. The van der Waals surface area contributed by atoms with Gasteiger partial charge >= 0.3 is 0 Å². The predicted molar refractivity (Wildman–Crippen MR) is 110 cm³/mol. The van der Waals surface area contributed by atoms with Gasteiger partial charge in [0.05, 0.1) is 4.90 Å². The van der Waals surface area contributed by atoms with Crippen LogP contribution in [0.5, 0.6) is 0 Å². The van der Waals surface area contributed by atoms with Crippen molar-refractivity contribution in [2.45, 2.75) is 24.7 Å². The first-order valence-electron chi connectivity index (χ1n) is 9.03. The van der Waals surface area contributed by atoms with Gasteiger partial charge in [0, 0.05) is 24.2 Å². The number of aryl methyl sites for hydroxylation is 1. The summed E-state index contributed by atoms with van der Waals surface area (Å²) in [6.07, 6.45) is 7.74. The van der Waals surface area contributed by atoms with Crippen LogP contribution in [0.1, 0.15) is 24.0 Å². The summed E-state index contributed by atoms with van der Waals surface area (Å²) in [6.45, 7) is 2.57. The average Bonchev–Trinajstić information content (AvgIpc) is 2.80. The minimum Gasteiger partial charge on any atom is -0.207 e. The Labute approximate surface area is 162 Å². The molecule has 0 aromatic heterocycles. The van der Waals surface area contributed by atoms with Gasteiger partial charge in [-0.15, -0.1) is 0 Å². The van der Waals surface area contributed by atoms with Gasteiger partial charge in [0.15, 0.2) is 0 Å². The molecule has 3 nitrogen and oxygen atoms in total. The van der Waals surface area contributed by atoms with E-state index >= 15 is 0 Å². The Bertz CT molecular complexity index is 992. The molecule has 4 heteroatoms. The molecule has 0 amide bonds. The van der Waals surface area contributed by atoms with Crippen molar-refractivity contribution in [2.75, 3.05) is 13.1 Å². The Morgan fingerprint density at radius 2 is 1.63 bits per heavy atom. The summed E-state index contributed by atoms with van der Waals surface area (Å²) < 4.78 is 27.7. The summed E-state index contributed by atoms with van der Waals surface area (Å²) >= 11 is 0. The number of rotatable bonds is 2. The van der Waals surface area contributed by atoms with Gasteiger partial charge in [-0.2, -0.15) is 4.31 Å². The van der Waals surface area contributed by atoms with Crippen molar-refractivity contribution >= 4 is 10.0 Å². The van der Waals surface area contributed by atoms with E-state index in [9.17, 15) is 8.42 Å². The highest BCUT2D eigenvalue weighted by Crippen LogP contribution is 2.19. The molecule has 0 unspecified atom stereocenters. The molecule has 0 saturated carbocycles. The van der Waals surface area contributed by atoms with Crippen molar-refractivity contribution in [3.05, 3.63) is 89.5 Å². The number of hydrogen-bond donors (Lipinski definition) is 0. The Morgan fingerprint density at radius 3 is 2.37 bits per heavy atom. The molecule has 2 aromatic rings. The van der Waals surface area contributed by atoms with Gasteiger partial charge in [0.2, 0.25) is 10.0 Å². The molecule has 1 aliphatic rings. The van der Waals surface area contributed by atoms with E-state index in [-0.39, 0.29) is 6.54 Å². The van der Waals surface area contributed by atoms with Gasteiger partial charge in [0.25, 0.3) is 0 Å². The molecule has 3 rings (SSSR count). The smallest absolute Gasteiger partial charge is 0.207 e. The first-order valence-corrected chi connectivity index (χ1v) is 10.5. The van der Waals surface area contributed by atoms with E-state index in [1.54, 1.807) is 12.1 Å². The summed E-state index contributed by atoms with van der Waals surface area (Å²) in [5.41, 5.74) is 2.79. The van der Waals surface area contributed by atoms with Crippen LogP contribution in [0.25, 0.3) is 0 Å². The SMILES string of the molecule is Cc1ccc(S(=O)(=O)N2C/C=C\CC/C=C(/C#Cc3ccccc3)C2)cc1. The summed E-state index contributed by atoms with van der Waals surface area (Å²) in [5.74, 6) is 6.32. The minimum absolute atomic E-state index is 0.278. The van der Waals surface area contributed by atoms with Crippen LogP contribution in [0.15, 0.2) is 83.3 Å². The molecule has 0 radical (unpaired) electrons. The summed E-state index contributed by atoms with van der Waals surface area (Å²) in [5, 5.41) is 0. The third-order valence-corrected chi connectivity index (χ3v) is 6.17. The Kier molecular flexibility index (Phi) is 6.28. The Hall–Kier alpha value is -2.61. The maximum absolute atomic E-state index is 13.1. The van der Waals surface area contributed by atoms with E-state index in [1.165, 1.54) is 4.31 Å². The molecule has 138 valence electrons. The van der Waals surface area contributed by atoms with Crippen LogP contribution in [0.2, 0.25) is 0 Å². The molecule has 0 aliphatic carbocycles. The van der Waals surface area contributed by atoms with Gasteiger partial charge < -0.3 is 0 Å². The first kappa shape index (κ1) is 19.2. The molecule has 0 N–H and O–H groups in total. The van der Waals surface area contributed by atoms with Crippen molar-refractivity contribution in [3.8, 4) is 11.8 Å². The third kappa shape index (κ3) is 5.19. The first-order chi connectivity index (χ1) is 13.1. The van der Waals surface area contributed by atoms with Gasteiger partial charge in [0.1, 0.15) is 0 Å². The van der Waals surface area contributed by atoms with Crippen LogP contribution in [0.4, 0.5) is 0 Å². The standard InChI is InChI=1S/C23H23NO2S/c1-20-12-16-23(17-13-20)27(25,26)24-18-8-3-2-5-11-22(19-24)15-14-21-9-6-4-7-10-21/h3-4,6-13,16-17H,2,5,18-19H2,1H3/b8-3-,22-11-. The molecule has 0 fully saturated rings. The highest BCUT2D eigenvalue weighted by molar-refractivity contribution is 7.89. The minimum atomic E-state index is -3.58. The van der Waals surface area contributed by atoms with Crippen molar-refractivity contribution in [1.82, 2.24) is 4.31 Å². The largest absolute Gasteiger partial charge is 0.243 e. The molecule has 27 heavy (non-hydrogen) atoms. The lowest BCUT2D eigenvalue weighted by Gasteiger charge is -2.20. The zero-order valence-corrected chi connectivity index (χ0v) is 16.2. The zero-order chi connectivity index (χ0) is 19.1. The van der Waals surface area contributed by atoms with Crippen LogP contribution in [0.3, 0.4) is 0 Å². The molecule has 0 saturated heterocycles. The molecule has 0 bridgehead atoms. The third-order valence-electron chi connectivity index (χ3n) is 4.35. The maximum Gasteiger partial charge on any atom is 0.243 e. The fourth-order valence-electron chi connectivity index (χ4n) is 2.79. The van der Waals surface area contributed by atoms with Gasteiger partial charge in [-0.3, -0.25) is 0 Å². The zero-order valence-electron chi connectivity index (χ0n) is 15.4. The topological polar surface area (TPSA) is 37.4 Å². The van der Waals surface area contributed by atoms with Crippen LogP contribution >= 0.6 is 0 Å². The summed E-state index contributed by atoms with van der Waals surface area (Å²) in [6, 6.07) is 16.7. The van der Waals surface area contributed by atoms with Crippen molar-refractivity contribution in [1.29, 1.82) is 0 Å². The maximum atomic E-state index is 13.1. The second-order valence-corrected chi connectivity index (χ2v) is 8.44. The van der Waals surface area contributed by atoms with E-state index in [0.717, 1.165) is 29.5 Å². The molecule has 1 heterocycles. The molecular formula is C23H23NO2S. The van der Waals surface area contributed by atoms with E-state index in [4.69, 9.17) is 0 Å². The summed E-state index contributed by atoms with van der Waals surface area (Å²) in [4.78, 5) is 0.316. The lowest BCUT2D eigenvalue weighted by molar-refractivity contribution is 0.470. The van der Waals surface area contributed by atoms with Crippen LogP contribution < -0.4 is 0 Å². The van der Waals surface area contributed by atoms with E-state index in [1.807, 2.05) is 67.6 Å². The number of allylic oxidation sites excluding steroid dienone is 2. The highest BCUT2D eigenvalue weighted by atomic mass is 32.2. The fourth-order valence-corrected chi connectivity index (χ4v) is 4.16. The van der Waals surface area contributed by atoms with Crippen LogP contribution in [-0.4, -0.2) is 25.8 Å². The molecule has 2 aromatic carbocycles. The van der Waals surface area contributed by atoms with Crippen LogP contribution in [-0.2, 0) is 10.0 Å². The second-order valence-electron chi connectivity index (χ2n) is 6.50. The summed E-state index contributed by atoms with van der Waals surface area (Å²) in [7, 11) is -3.58.